The molecule has 0 aliphatic carbocycles. The van der Waals surface area contributed by atoms with Crippen LogP contribution in [0, 0.1) is 0 Å². The summed E-state index contributed by atoms with van der Waals surface area (Å²) in [4.78, 5) is 28.7. The number of pyridine rings is 1. The number of H-pyrrole nitrogens is 1. The summed E-state index contributed by atoms with van der Waals surface area (Å²) in [6, 6.07) is 5.87. The quantitative estimate of drug-likeness (QED) is 0.483. The van der Waals surface area contributed by atoms with E-state index in [0.717, 1.165) is 11.0 Å². The third-order valence-electron chi connectivity index (χ3n) is 1.32. The fraction of sp³-hybridized carbons (Fsp3) is 0. The van der Waals surface area contributed by atoms with Crippen molar-refractivity contribution in [1.82, 2.24) is 9.97 Å². The molecule has 0 aliphatic rings. The van der Waals surface area contributed by atoms with Crippen molar-refractivity contribution in [3.8, 4) is 0 Å². The van der Waals surface area contributed by atoms with Crippen molar-refractivity contribution in [1.29, 1.82) is 0 Å². The zero-order valence-corrected chi connectivity index (χ0v) is 7.93. The summed E-state index contributed by atoms with van der Waals surface area (Å²) >= 11 is 0. The second-order valence-corrected chi connectivity index (χ2v) is 3.45. The van der Waals surface area contributed by atoms with Gasteiger partial charge in [0.15, 0.2) is 0 Å². The lowest BCUT2D eigenvalue weighted by Gasteiger charge is -1.82. The first-order chi connectivity index (χ1) is 6.47. The number of fused-ring (bicyclic) bond motifs is 1. The van der Waals surface area contributed by atoms with Crippen LogP contribution in [0.3, 0.4) is 0 Å². The number of hydrogen-bond donors (Lipinski definition) is 4. The number of rotatable bonds is 0. The van der Waals surface area contributed by atoms with Gasteiger partial charge in [-0.1, -0.05) is 0 Å². The smallest absolute Gasteiger partial charge is 0.360 e. The van der Waals surface area contributed by atoms with E-state index < -0.39 is 7.82 Å². The molecule has 0 unspecified atom stereocenters. The van der Waals surface area contributed by atoms with Crippen molar-refractivity contribution in [2.75, 3.05) is 0 Å². The molecule has 0 saturated carbocycles. The standard InChI is InChI=1S/C7H6N2.H3O4P/c1-2-6-7(8-4-1)3-5-9-6;1-5(2,3)4/h1-5,9H;(H3,1,2,3,4). The molecule has 0 atom stereocenters. The molecule has 0 aliphatic heterocycles. The summed E-state index contributed by atoms with van der Waals surface area (Å²) in [5.74, 6) is 0. The molecular formula is C7H9N2O4P. The highest BCUT2D eigenvalue weighted by Gasteiger charge is 2.00. The maximum absolute atomic E-state index is 8.88. The number of phosphoric acid groups is 1. The van der Waals surface area contributed by atoms with E-state index in [1.165, 1.54) is 0 Å². The third-order valence-corrected chi connectivity index (χ3v) is 1.32. The second kappa shape index (κ2) is 4.34. The van der Waals surface area contributed by atoms with Gasteiger partial charge in [-0.3, -0.25) is 4.98 Å². The Labute approximate surface area is 79.5 Å². The number of aromatic nitrogens is 2. The molecule has 7 heteroatoms. The molecule has 0 saturated heterocycles. The van der Waals surface area contributed by atoms with Gasteiger partial charge in [0.05, 0.1) is 11.0 Å². The second-order valence-electron chi connectivity index (χ2n) is 2.43. The number of aromatic amines is 1. The molecular weight excluding hydrogens is 207 g/mol. The van der Waals surface area contributed by atoms with E-state index in [4.69, 9.17) is 19.2 Å². The van der Waals surface area contributed by atoms with E-state index in [-0.39, 0.29) is 0 Å². The van der Waals surface area contributed by atoms with Crippen LogP contribution in [0.25, 0.3) is 11.0 Å². The highest BCUT2D eigenvalue weighted by molar-refractivity contribution is 7.45. The van der Waals surface area contributed by atoms with Crippen molar-refractivity contribution in [3.05, 3.63) is 30.6 Å². The molecule has 0 aromatic carbocycles. The number of nitrogens with one attached hydrogen (secondary N) is 1. The van der Waals surface area contributed by atoms with Gasteiger partial charge in [-0.25, -0.2) is 4.57 Å². The van der Waals surface area contributed by atoms with Crippen LogP contribution in [0.2, 0.25) is 0 Å². The molecule has 76 valence electrons. The Bertz CT molecular complexity index is 411. The van der Waals surface area contributed by atoms with Crippen LogP contribution >= 0.6 is 7.82 Å². The summed E-state index contributed by atoms with van der Waals surface area (Å²) in [5, 5.41) is 0. The molecule has 0 radical (unpaired) electrons. The molecule has 2 rings (SSSR count). The Morgan fingerprint density at radius 2 is 1.93 bits per heavy atom. The molecule has 4 N–H and O–H groups in total. The maximum atomic E-state index is 8.88. The molecule has 2 aromatic heterocycles. The SMILES string of the molecule is O=P(O)(O)O.c1cnc2cc[nH]c2c1. The molecule has 14 heavy (non-hydrogen) atoms. The summed E-state index contributed by atoms with van der Waals surface area (Å²) < 4.78 is 8.88. The molecule has 2 heterocycles. The van der Waals surface area contributed by atoms with Gasteiger partial charge in [-0.2, -0.15) is 0 Å². The van der Waals surface area contributed by atoms with Gasteiger partial charge in [-0.15, -0.1) is 0 Å². The molecule has 0 fully saturated rings. The van der Waals surface area contributed by atoms with Gasteiger partial charge in [-0.05, 0) is 18.2 Å². The van der Waals surface area contributed by atoms with Crippen LogP contribution in [0.4, 0.5) is 0 Å². The molecule has 0 spiro atoms. The lowest BCUT2D eigenvalue weighted by Crippen LogP contribution is -1.68. The molecule has 6 nitrogen and oxygen atoms in total. The van der Waals surface area contributed by atoms with E-state index in [9.17, 15) is 0 Å². The first-order valence-corrected chi connectivity index (χ1v) is 5.20. The number of hydrogen-bond acceptors (Lipinski definition) is 2. The summed E-state index contributed by atoms with van der Waals surface area (Å²) in [6.45, 7) is 0. The summed E-state index contributed by atoms with van der Waals surface area (Å²) in [5.41, 5.74) is 2.12. The molecule has 2 aromatic rings. The maximum Gasteiger partial charge on any atom is 0.466 e. The van der Waals surface area contributed by atoms with Crippen LogP contribution < -0.4 is 0 Å². The normalized spacial score (nSPS) is 10.8. The predicted molar refractivity (Wildman–Crippen MR) is 50.4 cm³/mol. The van der Waals surface area contributed by atoms with E-state index >= 15 is 0 Å². The zero-order valence-electron chi connectivity index (χ0n) is 7.03. The van der Waals surface area contributed by atoms with E-state index in [0.29, 0.717) is 0 Å². The number of nitrogens with zero attached hydrogens (tertiary/aromatic N) is 1. The van der Waals surface area contributed by atoms with Gasteiger partial charge >= 0.3 is 7.82 Å². The zero-order chi connectivity index (χ0) is 10.6. The van der Waals surface area contributed by atoms with Crippen LogP contribution in [0.1, 0.15) is 0 Å². The Kier molecular flexibility index (Phi) is 3.38. The van der Waals surface area contributed by atoms with Crippen molar-refractivity contribution in [2.24, 2.45) is 0 Å². The van der Waals surface area contributed by atoms with Gasteiger partial charge < -0.3 is 19.7 Å². The van der Waals surface area contributed by atoms with Crippen LogP contribution in [0.15, 0.2) is 30.6 Å². The van der Waals surface area contributed by atoms with Crippen LogP contribution in [-0.4, -0.2) is 24.6 Å². The first kappa shape index (κ1) is 10.9. The largest absolute Gasteiger partial charge is 0.466 e. The highest BCUT2D eigenvalue weighted by Crippen LogP contribution is 2.25. The Morgan fingerprint density at radius 3 is 2.50 bits per heavy atom. The Hall–Kier alpha value is -1.20. The molecule has 0 bridgehead atoms. The van der Waals surface area contributed by atoms with Gasteiger partial charge in [0.1, 0.15) is 0 Å². The minimum atomic E-state index is -4.64. The van der Waals surface area contributed by atoms with E-state index in [2.05, 4.69) is 9.97 Å². The lowest BCUT2D eigenvalue weighted by atomic mass is 10.4. The van der Waals surface area contributed by atoms with Crippen LogP contribution in [-0.2, 0) is 4.57 Å². The fourth-order valence-corrected chi connectivity index (χ4v) is 0.883. The minimum Gasteiger partial charge on any atom is -0.360 e. The van der Waals surface area contributed by atoms with Crippen molar-refractivity contribution < 1.29 is 19.2 Å². The van der Waals surface area contributed by atoms with Crippen LogP contribution in [0.5, 0.6) is 0 Å². The van der Waals surface area contributed by atoms with Gasteiger partial charge in [0.25, 0.3) is 0 Å². The first-order valence-electron chi connectivity index (χ1n) is 3.63. The minimum absolute atomic E-state index is 1.03. The highest BCUT2D eigenvalue weighted by atomic mass is 31.2. The summed E-state index contributed by atoms with van der Waals surface area (Å²) in [6.07, 6.45) is 3.67. The van der Waals surface area contributed by atoms with Crippen molar-refractivity contribution in [3.63, 3.8) is 0 Å². The van der Waals surface area contributed by atoms with E-state index in [1.54, 1.807) is 6.20 Å². The lowest BCUT2D eigenvalue weighted by molar-refractivity contribution is 0.275. The average molecular weight is 216 g/mol. The van der Waals surface area contributed by atoms with Gasteiger partial charge in [0.2, 0.25) is 0 Å². The van der Waals surface area contributed by atoms with Crippen molar-refractivity contribution in [2.45, 2.75) is 0 Å². The topological polar surface area (TPSA) is 106 Å². The fourth-order valence-electron chi connectivity index (χ4n) is 0.883. The van der Waals surface area contributed by atoms with Gasteiger partial charge in [0, 0.05) is 12.4 Å². The molecule has 0 amide bonds. The summed E-state index contributed by atoms with van der Waals surface area (Å²) in [7, 11) is -4.64. The monoisotopic (exact) mass is 216 g/mol. The predicted octanol–water partition coefficient (Wildman–Crippen LogP) is 0.634. The third kappa shape index (κ3) is 4.15. The van der Waals surface area contributed by atoms with E-state index in [1.807, 2.05) is 24.4 Å². The Morgan fingerprint density at radius 1 is 1.29 bits per heavy atom. The Balaban J connectivity index is 0.000000171. The van der Waals surface area contributed by atoms with Crippen molar-refractivity contribution >= 4 is 18.9 Å². The average Bonchev–Trinajstić information content (AvgIpc) is 2.47.